The van der Waals surface area contributed by atoms with E-state index in [1.54, 1.807) is 26.0 Å². The zero-order chi connectivity index (χ0) is 14.6. The number of nitrogens with one attached hydrogen (secondary N) is 1. The summed E-state index contributed by atoms with van der Waals surface area (Å²) in [5, 5.41) is 8.80. The average molecular weight is 350 g/mol. The van der Waals surface area contributed by atoms with Crippen LogP contribution in [0.3, 0.4) is 0 Å². The van der Waals surface area contributed by atoms with Crippen molar-refractivity contribution in [2.75, 3.05) is 0 Å². The van der Waals surface area contributed by atoms with Gasteiger partial charge in [0.2, 0.25) is 10.0 Å². The van der Waals surface area contributed by atoms with Gasteiger partial charge in [-0.1, -0.05) is 35.8 Å². The van der Waals surface area contributed by atoms with Crippen molar-refractivity contribution in [1.82, 2.24) is 4.72 Å². The summed E-state index contributed by atoms with van der Waals surface area (Å²) in [6.45, 7) is 3.55. The molecular weight excluding hydrogens is 334 g/mol. The van der Waals surface area contributed by atoms with E-state index < -0.39 is 22.0 Å². The zero-order valence-electron chi connectivity index (χ0n) is 10.6. The Balaban J connectivity index is 2.97. The molecule has 0 aliphatic carbocycles. The molecule has 1 aromatic carbocycles. The first-order chi connectivity index (χ1) is 8.72. The fourth-order valence-electron chi connectivity index (χ4n) is 1.50. The summed E-state index contributed by atoms with van der Waals surface area (Å²) in [6, 6.07) is 5.63. The highest BCUT2D eigenvalue weighted by molar-refractivity contribution is 9.10. The second-order valence-electron chi connectivity index (χ2n) is 4.53. The zero-order valence-corrected chi connectivity index (χ0v) is 13.0. The van der Waals surface area contributed by atoms with Crippen LogP contribution < -0.4 is 4.72 Å². The van der Waals surface area contributed by atoms with Gasteiger partial charge in [0.15, 0.2) is 0 Å². The topological polar surface area (TPSA) is 83.5 Å². The minimum Gasteiger partial charge on any atom is -0.481 e. The molecule has 0 aliphatic heterocycles. The second kappa shape index (κ2) is 6.49. The van der Waals surface area contributed by atoms with Gasteiger partial charge in [0.1, 0.15) is 0 Å². The largest absolute Gasteiger partial charge is 0.481 e. The number of aliphatic carboxylic acids is 1. The normalized spacial score (nSPS) is 13.5. The molecule has 0 aliphatic rings. The van der Waals surface area contributed by atoms with Crippen molar-refractivity contribution in [2.24, 2.45) is 5.92 Å². The molecule has 1 atom stereocenters. The third-order valence-electron chi connectivity index (χ3n) is 2.61. The maximum Gasteiger partial charge on any atom is 0.304 e. The van der Waals surface area contributed by atoms with Crippen molar-refractivity contribution in [3.63, 3.8) is 0 Å². The maximum absolute atomic E-state index is 12.2. The predicted octanol–water partition coefficient (Wildman–Crippen LogP) is 2.23. The van der Waals surface area contributed by atoms with Gasteiger partial charge >= 0.3 is 5.97 Å². The van der Waals surface area contributed by atoms with Crippen LogP contribution in [0.25, 0.3) is 0 Å². The molecule has 7 heteroatoms. The Bertz CT molecular complexity index is 557. The van der Waals surface area contributed by atoms with Crippen LogP contribution in [-0.4, -0.2) is 25.5 Å². The van der Waals surface area contributed by atoms with E-state index in [-0.39, 0.29) is 17.2 Å². The molecule has 0 aromatic heterocycles. The summed E-state index contributed by atoms with van der Waals surface area (Å²) >= 11 is 3.20. The van der Waals surface area contributed by atoms with Crippen LogP contribution in [0, 0.1) is 5.92 Å². The van der Waals surface area contributed by atoms with E-state index >= 15 is 0 Å². The van der Waals surface area contributed by atoms with Crippen molar-refractivity contribution in [3.8, 4) is 0 Å². The highest BCUT2D eigenvalue weighted by Gasteiger charge is 2.24. The fraction of sp³-hybridized carbons (Fsp3) is 0.417. The Morgan fingerprint density at radius 1 is 1.42 bits per heavy atom. The Labute approximate surface area is 121 Å². The smallest absolute Gasteiger partial charge is 0.304 e. The lowest BCUT2D eigenvalue weighted by Crippen LogP contribution is -2.40. The van der Waals surface area contributed by atoms with Gasteiger partial charge in [0, 0.05) is 10.5 Å². The van der Waals surface area contributed by atoms with E-state index in [1.807, 2.05) is 0 Å². The maximum atomic E-state index is 12.2. The van der Waals surface area contributed by atoms with Gasteiger partial charge in [-0.25, -0.2) is 13.1 Å². The Kier molecular flexibility index (Phi) is 5.51. The molecule has 0 bridgehead atoms. The van der Waals surface area contributed by atoms with E-state index in [2.05, 4.69) is 20.7 Å². The van der Waals surface area contributed by atoms with Gasteiger partial charge in [-0.05, 0) is 24.1 Å². The molecule has 0 amide bonds. The van der Waals surface area contributed by atoms with Crippen molar-refractivity contribution < 1.29 is 18.3 Å². The van der Waals surface area contributed by atoms with Crippen molar-refractivity contribution >= 4 is 31.9 Å². The molecule has 5 nitrogen and oxygen atoms in total. The molecular formula is C12H16BrNO4S. The number of carboxylic acid groups (broad SMARTS) is 1. The van der Waals surface area contributed by atoms with Gasteiger partial charge in [-0.15, -0.1) is 0 Å². The lowest BCUT2D eigenvalue weighted by molar-refractivity contribution is -0.137. The summed E-state index contributed by atoms with van der Waals surface area (Å²) < 4.78 is 27.4. The Hall–Kier alpha value is -0.920. The van der Waals surface area contributed by atoms with Crippen molar-refractivity contribution in [2.45, 2.75) is 31.2 Å². The Morgan fingerprint density at radius 3 is 2.53 bits per heavy atom. The fourth-order valence-corrected chi connectivity index (χ4v) is 3.48. The first-order valence-electron chi connectivity index (χ1n) is 5.72. The van der Waals surface area contributed by atoms with E-state index in [0.29, 0.717) is 4.47 Å². The first kappa shape index (κ1) is 16.1. The number of rotatable bonds is 6. The standard InChI is InChI=1S/C12H16BrNO4S/c1-8(2)11(7-12(15)16)14-19(17,18)10-5-3-4-9(13)6-10/h3-6,8,11,14H,7H2,1-2H3,(H,15,16). The van der Waals surface area contributed by atoms with Crippen LogP contribution in [0.4, 0.5) is 0 Å². The minimum atomic E-state index is -3.72. The lowest BCUT2D eigenvalue weighted by Gasteiger charge is -2.20. The molecule has 0 spiro atoms. The Morgan fingerprint density at radius 2 is 2.05 bits per heavy atom. The lowest BCUT2D eigenvalue weighted by atomic mass is 10.0. The highest BCUT2D eigenvalue weighted by Crippen LogP contribution is 2.18. The first-order valence-corrected chi connectivity index (χ1v) is 7.99. The van der Waals surface area contributed by atoms with Crippen LogP contribution in [0.2, 0.25) is 0 Å². The van der Waals surface area contributed by atoms with Crippen LogP contribution in [0.5, 0.6) is 0 Å². The molecule has 1 aromatic rings. The number of hydrogen-bond acceptors (Lipinski definition) is 3. The van der Waals surface area contributed by atoms with Crippen LogP contribution >= 0.6 is 15.9 Å². The van der Waals surface area contributed by atoms with Crippen LogP contribution in [0.1, 0.15) is 20.3 Å². The van der Waals surface area contributed by atoms with Gasteiger partial charge < -0.3 is 5.11 Å². The van der Waals surface area contributed by atoms with Crippen LogP contribution in [-0.2, 0) is 14.8 Å². The summed E-state index contributed by atoms with van der Waals surface area (Å²) in [5.74, 6) is -1.14. The predicted molar refractivity (Wildman–Crippen MR) is 75.3 cm³/mol. The number of sulfonamides is 1. The summed E-state index contributed by atoms with van der Waals surface area (Å²) in [5.41, 5.74) is 0. The molecule has 0 fully saturated rings. The quantitative estimate of drug-likeness (QED) is 0.824. The molecule has 2 N–H and O–H groups in total. The highest BCUT2D eigenvalue weighted by atomic mass is 79.9. The van der Waals surface area contributed by atoms with Gasteiger partial charge in [-0.3, -0.25) is 4.79 Å². The molecule has 1 rings (SSSR count). The SMILES string of the molecule is CC(C)C(CC(=O)O)NS(=O)(=O)c1cccc(Br)c1. The van der Waals surface area contributed by atoms with Crippen molar-refractivity contribution in [1.29, 1.82) is 0 Å². The number of halogens is 1. The average Bonchev–Trinajstić information content (AvgIpc) is 2.27. The van der Waals surface area contributed by atoms with Crippen LogP contribution in [0.15, 0.2) is 33.6 Å². The summed E-state index contributed by atoms with van der Waals surface area (Å²) in [6.07, 6.45) is -0.245. The third-order valence-corrected chi connectivity index (χ3v) is 4.59. The number of benzene rings is 1. The number of hydrogen-bond donors (Lipinski definition) is 2. The molecule has 0 saturated heterocycles. The van der Waals surface area contributed by atoms with Gasteiger partial charge in [0.25, 0.3) is 0 Å². The van der Waals surface area contributed by atoms with E-state index in [1.165, 1.54) is 12.1 Å². The van der Waals surface area contributed by atoms with Gasteiger partial charge in [-0.2, -0.15) is 0 Å². The van der Waals surface area contributed by atoms with Crippen molar-refractivity contribution in [3.05, 3.63) is 28.7 Å². The molecule has 0 radical (unpaired) electrons. The van der Waals surface area contributed by atoms with E-state index in [4.69, 9.17) is 5.11 Å². The molecule has 1 unspecified atom stereocenters. The number of carboxylic acids is 1. The second-order valence-corrected chi connectivity index (χ2v) is 7.16. The summed E-state index contributed by atoms with van der Waals surface area (Å²) in [7, 11) is -3.72. The minimum absolute atomic E-state index is 0.109. The molecule has 0 heterocycles. The molecule has 106 valence electrons. The summed E-state index contributed by atoms with van der Waals surface area (Å²) in [4.78, 5) is 10.9. The van der Waals surface area contributed by atoms with Gasteiger partial charge in [0.05, 0.1) is 11.3 Å². The third kappa shape index (κ3) is 4.93. The molecule has 19 heavy (non-hydrogen) atoms. The van der Waals surface area contributed by atoms with E-state index in [9.17, 15) is 13.2 Å². The number of carbonyl (C=O) groups is 1. The monoisotopic (exact) mass is 349 g/mol. The molecule has 0 saturated carbocycles. The van der Waals surface area contributed by atoms with E-state index in [0.717, 1.165) is 0 Å².